The Bertz CT molecular complexity index is 997. The molecule has 1 aliphatic heterocycles. The lowest BCUT2D eigenvalue weighted by molar-refractivity contribution is -0.148. The summed E-state index contributed by atoms with van der Waals surface area (Å²) in [5.41, 5.74) is 2.35. The van der Waals surface area contributed by atoms with Crippen molar-refractivity contribution in [1.82, 2.24) is 0 Å². The Morgan fingerprint density at radius 2 is 1.94 bits per heavy atom. The van der Waals surface area contributed by atoms with Crippen LogP contribution in [0.1, 0.15) is 58.9 Å². The lowest BCUT2D eigenvalue weighted by atomic mass is 9.67. The molecule has 8 heteroatoms. The van der Waals surface area contributed by atoms with E-state index >= 15 is 0 Å². The number of carbonyl (C=O) groups excluding carboxylic acids is 2. The Kier molecular flexibility index (Phi) is 8.00. The van der Waals surface area contributed by atoms with E-state index in [1.807, 2.05) is 27.7 Å². The van der Waals surface area contributed by atoms with Crippen molar-refractivity contribution in [3.8, 4) is 11.5 Å². The highest BCUT2D eigenvalue weighted by atomic mass is 79.9. The first-order valence-corrected chi connectivity index (χ1v) is 12.1. The van der Waals surface area contributed by atoms with Gasteiger partial charge in [-0.25, -0.2) is 0 Å². The Balaban J connectivity index is 2.11. The molecule has 1 aliphatic carbocycles. The van der Waals surface area contributed by atoms with Crippen molar-refractivity contribution in [2.75, 3.05) is 26.4 Å². The third-order valence-corrected chi connectivity index (χ3v) is 6.55. The molecule has 1 aromatic rings. The summed E-state index contributed by atoms with van der Waals surface area (Å²) in [7, 11) is 0. The number of aromatic hydroxyl groups is 1. The number of benzene rings is 1. The molecule has 0 saturated heterocycles. The molecule has 1 aromatic carbocycles. The van der Waals surface area contributed by atoms with E-state index in [9.17, 15) is 14.7 Å². The predicted octanol–water partition coefficient (Wildman–Crippen LogP) is 4.95. The molecule has 180 valence electrons. The summed E-state index contributed by atoms with van der Waals surface area (Å²) in [6.45, 7) is 10.9. The van der Waals surface area contributed by atoms with Crippen LogP contribution in [0.3, 0.4) is 0 Å². The number of halogens is 1. The minimum Gasteiger partial charge on any atom is -0.503 e. The van der Waals surface area contributed by atoms with E-state index in [2.05, 4.69) is 15.9 Å². The molecule has 3 rings (SSSR count). The summed E-state index contributed by atoms with van der Waals surface area (Å²) in [6.07, 6.45) is 1.02. The zero-order valence-electron chi connectivity index (χ0n) is 19.9. The van der Waals surface area contributed by atoms with Crippen LogP contribution in [0.25, 0.3) is 0 Å². The smallest absolute Gasteiger partial charge is 0.315 e. The normalized spacial score (nSPS) is 22.0. The summed E-state index contributed by atoms with van der Waals surface area (Å²) in [4.78, 5) is 31.3. The lowest BCUT2D eigenvalue weighted by Crippen LogP contribution is -2.39. The molecule has 1 unspecified atom stereocenters. The van der Waals surface area contributed by atoms with Gasteiger partial charge in [0.1, 0.15) is 12.5 Å². The third kappa shape index (κ3) is 5.49. The Labute approximate surface area is 203 Å². The number of allylic oxidation sites excluding steroid dienone is 2. The fourth-order valence-electron chi connectivity index (χ4n) is 4.58. The highest BCUT2D eigenvalue weighted by Crippen LogP contribution is 2.49. The molecule has 1 N–H and O–H groups in total. The predicted molar refractivity (Wildman–Crippen MR) is 129 cm³/mol. The zero-order valence-corrected chi connectivity index (χ0v) is 21.5. The third-order valence-electron chi connectivity index (χ3n) is 5.94. The summed E-state index contributed by atoms with van der Waals surface area (Å²) >= 11 is 3.39. The summed E-state index contributed by atoms with van der Waals surface area (Å²) in [5, 5.41) is 10.4. The molecule has 0 bridgehead atoms. The van der Waals surface area contributed by atoms with Crippen molar-refractivity contribution in [3.05, 3.63) is 33.4 Å². The molecule has 0 amide bonds. The SMILES string of the molecule is CCOCCOC(=O)C1C(C)=NC2=C(C(=O)CC(C)(C)C2)[C@@H]1c1cc(Br)c(O)c(OCC)c1. The number of aliphatic imine (C=N–C) groups is 1. The van der Waals surface area contributed by atoms with Crippen molar-refractivity contribution in [3.63, 3.8) is 0 Å². The number of phenols is 1. The van der Waals surface area contributed by atoms with Crippen LogP contribution in [0, 0.1) is 11.3 Å². The van der Waals surface area contributed by atoms with Crippen LogP contribution in [0.15, 0.2) is 32.9 Å². The Hall–Kier alpha value is -2.19. The number of Topliss-reactive ketones (excluding diaryl/α,β-unsaturated/α-hetero) is 1. The van der Waals surface area contributed by atoms with Crippen molar-refractivity contribution >= 4 is 33.4 Å². The maximum atomic E-state index is 13.4. The van der Waals surface area contributed by atoms with Crippen molar-refractivity contribution in [1.29, 1.82) is 0 Å². The standard InChI is InChI=1S/C25H32BrNO6/c1-6-31-8-9-33-24(30)20-14(3)27-17-12-25(4,5)13-18(28)22(17)21(20)15-10-16(26)23(29)19(11-15)32-7-2/h10-11,20-21,29H,6-9,12-13H2,1-5H3/t20?,21-/m1/s1. The quantitative estimate of drug-likeness (QED) is 0.384. The van der Waals surface area contributed by atoms with Gasteiger partial charge in [0.2, 0.25) is 0 Å². The molecule has 2 atom stereocenters. The fourth-order valence-corrected chi connectivity index (χ4v) is 5.04. The molecule has 0 fully saturated rings. The van der Waals surface area contributed by atoms with Crippen LogP contribution in [-0.2, 0) is 19.1 Å². The number of ether oxygens (including phenoxy) is 3. The average Bonchev–Trinajstić information content (AvgIpc) is 2.72. The van der Waals surface area contributed by atoms with E-state index in [1.165, 1.54) is 0 Å². The first kappa shape index (κ1) is 25.4. The van der Waals surface area contributed by atoms with Gasteiger partial charge in [0.15, 0.2) is 17.3 Å². The largest absolute Gasteiger partial charge is 0.503 e. The number of esters is 1. The second kappa shape index (κ2) is 10.4. The number of nitrogens with zero attached hydrogens (tertiary/aromatic N) is 1. The molecular weight excluding hydrogens is 490 g/mol. The highest BCUT2D eigenvalue weighted by Gasteiger charge is 2.46. The van der Waals surface area contributed by atoms with Gasteiger partial charge in [0.25, 0.3) is 0 Å². The maximum Gasteiger partial charge on any atom is 0.315 e. The minimum atomic E-state index is -0.763. The Morgan fingerprint density at radius 1 is 1.21 bits per heavy atom. The van der Waals surface area contributed by atoms with Crippen LogP contribution < -0.4 is 4.74 Å². The zero-order chi connectivity index (χ0) is 24.3. The van der Waals surface area contributed by atoms with Gasteiger partial charge in [-0.2, -0.15) is 0 Å². The summed E-state index contributed by atoms with van der Waals surface area (Å²) in [6, 6.07) is 3.43. The fraction of sp³-hybridized carbons (Fsp3) is 0.560. The molecule has 0 spiro atoms. The van der Waals surface area contributed by atoms with Crippen molar-refractivity contribution in [2.24, 2.45) is 16.3 Å². The molecule has 2 aliphatic rings. The van der Waals surface area contributed by atoms with Crippen molar-refractivity contribution in [2.45, 2.75) is 53.4 Å². The van der Waals surface area contributed by atoms with Crippen molar-refractivity contribution < 1.29 is 28.9 Å². The van der Waals surface area contributed by atoms with Crippen LogP contribution in [0.2, 0.25) is 0 Å². The second-order valence-corrected chi connectivity index (χ2v) is 10.0. The number of ketones is 1. The van der Waals surface area contributed by atoms with E-state index in [0.29, 0.717) is 54.0 Å². The first-order valence-electron chi connectivity index (χ1n) is 11.3. The van der Waals surface area contributed by atoms with Gasteiger partial charge in [-0.05, 0) is 66.2 Å². The number of rotatable bonds is 8. The monoisotopic (exact) mass is 521 g/mol. The van der Waals surface area contributed by atoms with E-state index in [4.69, 9.17) is 19.2 Å². The van der Waals surface area contributed by atoms with Gasteiger partial charge in [-0.15, -0.1) is 0 Å². The molecule has 33 heavy (non-hydrogen) atoms. The van der Waals surface area contributed by atoms with E-state index in [0.717, 1.165) is 5.70 Å². The van der Waals surface area contributed by atoms with Gasteiger partial charge >= 0.3 is 5.97 Å². The Morgan fingerprint density at radius 3 is 2.61 bits per heavy atom. The molecule has 1 heterocycles. The topological polar surface area (TPSA) is 94.4 Å². The second-order valence-electron chi connectivity index (χ2n) is 9.16. The first-order chi connectivity index (χ1) is 15.6. The van der Waals surface area contributed by atoms with Crippen LogP contribution in [0.4, 0.5) is 0 Å². The molecule has 7 nitrogen and oxygen atoms in total. The molecular formula is C25H32BrNO6. The van der Waals surface area contributed by atoms with E-state index in [-0.39, 0.29) is 29.3 Å². The maximum absolute atomic E-state index is 13.4. The molecule has 0 aromatic heterocycles. The lowest BCUT2D eigenvalue weighted by Gasteiger charge is -2.39. The van der Waals surface area contributed by atoms with Crippen LogP contribution in [-0.4, -0.2) is 49.0 Å². The molecule has 0 saturated carbocycles. The van der Waals surface area contributed by atoms with Crippen LogP contribution in [0.5, 0.6) is 11.5 Å². The number of hydrogen-bond acceptors (Lipinski definition) is 7. The average molecular weight is 522 g/mol. The minimum absolute atomic E-state index is 0.0169. The van der Waals surface area contributed by atoms with Gasteiger partial charge in [-0.3, -0.25) is 14.6 Å². The number of carbonyl (C=O) groups is 2. The van der Waals surface area contributed by atoms with E-state index < -0.39 is 17.8 Å². The van der Waals surface area contributed by atoms with Gasteiger partial charge in [0, 0.05) is 35.9 Å². The van der Waals surface area contributed by atoms with Gasteiger partial charge in [0.05, 0.1) is 17.7 Å². The molecule has 0 radical (unpaired) electrons. The van der Waals surface area contributed by atoms with E-state index in [1.54, 1.807) is 19.1 Å². The van der Waals surface area contributed by atoms with Crippen LogP contribution >= 0.6 is 15.9 Å². The number of phenolic OH excluding ortho intramolecular Hbond substituents is 1. The van der Waals surface area contributed by atoms with Gasteiger partial charge < -0.3 is 19.3 Å². The summed E-state index contributed by atoms with van der Waals surface area (Å²) in [5.74, 6) is -1.55. The highest BCUT2D eigenvalue weighted by molar-refractivity contribution is 9.10. The van der Waals surface area contributed by atoms with Gasteiger partial charge in [-0.1, -0.05) is 13.8 Å². The number of hydrogen-bond donors (Lipinski definition) is 1. The summed E-state index contributed by atoms with van der Waals surface area (Å²) < 4.78 is 16.9.